The molecule has 0 radical (unpaired) electrons. The highest BCUT2D eigenvalue weighted by molar-refractivity contribution is 7.98. The van der Waals surface area contributed by atoms with Crippen molar-refractivity contribution in [2.75, 3.05) is 25.7 Å². The van der Waals surface area contributed by atoms with Crippen LogP contribution >= 0.6 is 11.8 Å². The van der Waals surface area contributed by atoms with Crippen molar-refractivity contribution in [3.8, 4) is 11.1 Å². The molecular formula is C32H40N2O4S. The third kappa shape index (κ3) is 9.24. The molecule has 39 heavy (non-hydrogen) atoms. The maximum absolute atomic E-state index is 13.4. The van der Waals surface area contributed by atoms with Crippen molar-refractivity contribution in [1.29, 1.82) is 0 Å². The topological polar surface area (TPSA) is 76.7 Å². The van der Waals surface area contributed by atoms with Gasteiger partial charge in [0, 0.05) is 18.2 Å². The van der Waals surface area contributed by atoms with E-state index in [0.29, 0.717) is 31.7 Å². The Bertz CT molecular complexity index is 1200. The number of hydrogen-bond donors (Lipinski definition) is 2. The van der Waals surface area contributed by atoms with Gasteiger partial charge in [0.15, 0.2) is 0 Å². The van der Waals surface area contributed by atoms with E-state index in [4.69, 9.17) is 9.47 Å². The first-order valence-corrected chi connectivity index (χ1v) is 14.8. The summed E-state index contributed by atoms with van der Waals surface area (Å²) in [6.07, 6.45) is 3.41. The van der Waals surface area contributed by atoms with Gasteiger partial charge in [0.25, 0.3) is 5.91 Å². The van der Waals surface area contributed by atoms with Gasteiger partial charge in [-0.15, -0.1) is 0 Å². The van der Waals surface area contributed by atoms with Crippen molar-refractivity contribution in [3.63, 3.8) is 0 Å². The Morgan fingerprint density at radius 3 is 2.38 bits per heavy atom. The number of carbonyl (C=O) groups excluding carboxylic acids is 2. The van der Waals surface area contributed by atoms with Gasteiger partial charge in [-0.05, 0) is 71.7 Å². The molecule has 3 aromatic carbocycles. The van der Waals surface area contributed by atoms with E-state index in [9.17, 15) is 9.59 Å². The van der Waals surface area contributed by atoms with Crippen LogP contribution in [0.5, 0.6) is 0 Å². The highest BCUT2D eigenvalue weighted by Crippen LogP contribution is 2.28. The minimum absolute atomic E-state index is 0.204. The number of hydrogen-bond acceptors (Lipinski definition) is 6. The Balaban J connectivity index is 1.76. The molecule has 1 amide bonds. The van der Waals surface area contributed by atoms with Crippen LogP contribution in [0.4, 0.5) is 0 Å². The summed E-state index contributed by atoms with van der Waals surface area (Å²) in [7, 11) is 1.34. The molecule has 3 rings (SSSR count). The summed E-state index contributed by atoms with van der Waals surface area (Å²) in [5.41, 5.74) is 5.66. The number of carbonyl (C=O) groups is 2. The Hall–Kier alpha value is -3.13. The van der Waals surface area contributed by atoms with Crippen molar-refractivity contribution in [1.82, 2.24) is 10.6 Å². The third-order valence-corrected chi connectivity index (χ3v) is 7.33. The molecule has 0 saturated carbocycles. The molecule has 208 valence electrons. The Kier molecular flexibility index (Phi) is 12.5. The molecule has 0 aliphatic carbocycles. The number of benzene rings is 3. The molecule has 0 spiro atoms. The first-order valence-electron chi connectivity index (χ1n) is 13.4. The monoisotopic (exact) mass is 548 g/mol. The normalized spacial score (nSPS) is 12.5. The van der Waals surface area contributed by atoms with Gasteiger partial charge in [-0.1, -0.05) is 67.6 Å². The third-order valence-electron chi connectivity index (χ3n) is 6.68. The lowest BCUT2D eigenvalue weighted by atomic mass is 9.93. The number of ether oxygens (including phenoxy) is 2. The van der Waals surface area contributed by atoms with E-state index >= 15 is 0 Å². The van der Waals surface area contributed by atoms with Gasteiger partial charge in [-0.2, -0.15) is 11.8 Å². The number of thioether (sulfide) groups is 1. The Labute approximate surface area is 236 Å². The number of aryl methyl sites for hydroxylation is 1. The lowest BCUT2D eigenvalue weighted by molar-refractivity contribution is -0.142. The van der Waals surface area contributed by atoms with Crippen LogP contribution in [-0.2, 0) is 27.4 Å². The van der Waals surface area contributed by atoms with Crippen LogP contribution in [0.1, 0.15) is 46.8 Å². The molecule has 0 aromatic heterocycles. The van der Waals surface area contributed by atoms with E-state index in [1.165, 1.54) is 7.11 Å². The SMILES string of the molecule is CCC(COCc1ccccc1)NCc1ccc(C(=O)NC(CCSC)C(=O)OC)c(-c2ccccc2C)c1. The van der Waals surface area contributed by atoms with Crippen molar-refractivity contribution in [3.05, 3.63) is 95.1 Å². The van der Waals surface area contributed by atoms with E-state index in [-0.39, 0.29) is 11.9 Å². The second kappa shape index (κ2) is 16.1. The number of esters is 1. The summed E-state index contributed by atoms with van der Waals surface area (Å²) >= 11 is 1.62. The molecule has 2 N–H and O–H groups in total. The molecule has 2 atom stereocenters. The zero-order chi connectivity index (χ0) is 28.0. The van der Waals surface area contributed by atoms with Gasteiger partial charge >= 0.3 is 5.97 Å². The second-order valence-corrected chi connectivity index (χ2v) is 10.5. The molecule has 6 nitrogen and oxygen atoms in total. The summed E-state index contributed by atoms with van der Waals surface area (Å²) in [5, 5.41) is 6.51. The molecule has 0 bridgehead atoms. The van der Waals surface area contributed by atoms with Crippen LogP contribution in [0.2, 0.25) is 0 Å². The average Bonchev–Trinajstić information content (AvgIpc) is 2.97. The molecule has 0 fully saturated rings. The number of methoxy groups -OCH3 is 1. The minimum atomic E-state index is -0.692. The van der Waals surface area contributed by atoms with Crippen LogP contribution in [0.3, 0.4) is 0 Å². The summed E-state index contributed by atoms with van der Waals surface area (Å²) in [5.74, 6) is 0.0175. The van der Waals surface area contributed by atoms with E-state index < -0.39 is 12.0 Å². The largest absolute Gasteiger partial charge is 0.467 e. The maximum atomic E-state index is 13.4. The quantitative estimate of drug-likeness (QED) is 0.235. The fourth-order valence-corrected chi connectivity index (χ4v) is 4.81. The lowest BCUT2D eigenvalue weighted by Gasteiger charge is -2.20. The molecule has 0 saturated heterocycles. The highest BCUT2D eigenvalue weighted by atomic mass is 32.2. The minimum Gasteiger partial charge on any atom is -0.467 e. The van der Waals surface area contributed by atoms with Crippen LogP contribution < -0.4 is 10.6 Å². The molecule has 3 aromatic rings. The van der Waals surface area contributed by atoms with Crippen LogP contribution in [0.25, 0.3) is 11.1 Å². The predicted molar refractivity (Wildman–Crippen MR) is 160 cm³/mol. The van der Waals surface area contributed by atoms with Gasteiger partial charge < -0.3 is 20.1 Å². The second-order valence-electron chi connectivity index (χ2n) is 9.51. The first-order chi connectivity index (χ1) is 19.0. The Morgan fingerprint density at radius 1 is 0.949 bits per heavy atom. The van der Waals surface area contributed by atoms with Gasteiger partial charge in [0.1, 0.15) is 6.04 Å². The van der Waals surface area contributed by atoms with Crippen LogP contribution in [0, 0.1) is 6.92 Å². The number of amides is 1. The van der Waals surface area contributed by atoms with E-state index in [1.54, 1.807) is 11.8 Å². The zero-order valence-corrected chi connectivity index (χ0v) is 24.2. The fraction of sp³-hybridized carbons (Fsp3) is 0.375. The number of rotatable bonds is 15. The van der Waals surface area contributed by atoms with Gasteiger partial charge in [0.2, 0.25) is 0 Å². The van der Waals surface area contributed by atoms with Crippen LogP contribution in [0.15, 0.2) is 72.8 Å². The van der Waals surface area contributed by atoms with E-state index in [0.717, 1.165) is 40.0 Å². The average molecular weight is 549 g/mol. The summed E-state index contributed by atoms with van der Waals surface area (Å²) in [6.45, 7) is 6.02. The van der Waals surface area contributed by atoms with Gasteiger partial charge in [-0.25, -0.2) is 4.79 Å². The zero-order valence-electron chi connectivity index (χ0n) is 23.4. The predicted octanol–water partition coefficient (Wildman–Crippen LogP) is 5.77. The Morgan fingerprint density at radius 2 is 1.69 bits per heavy atom. The van der Waals surface area contributed by atoms with Crippen molar-refractivity contribution in [2.24, 2.45) is 0 Å². The molecule has 0 heterocycles. The van der Waals surface area contributed by atoms with Gasteiger partial charge in [0.05, 0.1) is 20.3 Å². The van der Waals surface area contributed by atoms with E-state index in [1.807, 2.05) is 67.8 Å². The molecule has 2 unspecified atom stereocenters. The molecular weight excluding hydrogens is 508 g/mol. The van der Waals surface area contributed by atoms with Crippen molar-refractivity contribution < 1.29 is 19.1 Å². The maximum Gasteiger partial charge on any atom is 0.328 e. The molecule has 0 aliphatic rings. The first kappa shape index (κ1) is 30.4. The summed E-state index contributed by atoms with van der Waals surface area (Å²) < 4.78 is 10.9. The highest BCUT2D eigenvalue weighted by Gasteiger charge is 2.24. The van der Waals surface area contributed by atoms with Crippen molar-refractivity contribution in [2.45, 2.75) is 51.9 Å². The lowest BCUT2D eigenvalue weighted by Crippen LogP contribution is -2.42. The summed E-state index contributed by atoms with van der Waals surface area (Å²) in [6, 6.07) is 23.6. The van der Waals surface area contributed by atoms with Gasteiger partial charge in [-0.3, -0.25) is 4.79 Å². The van der Waals surface area contributed by atoms with Crippen molar-refractivity contribution >= 4 is 23.6 Å². The van der Waals surface area contributed by atoms with Crippen LogP contribution in [-0.4, -0.2) is 49.7 Å². The summed E-state index contributed by atoms with van der Waals surface area (Å²) in [4.78, 5) is 25.8. The van der Waals surface area contributed by atoms with E-state index in [2.05, 4.69) is 35.8 Å². The number of nitrogens with one attached hydrogen (secondary N) is 2. The molecule has 0 aliphatic heterocycles. The smallest absolute Gasteiger partial charge is 0.328 e. The standard InChI is InChI=1S/C32H40N2O4S/c1-5-26(22-38-21-24-12-7-6-8-13-24)33-20-25-15-16-28(29(19-25)27-14-10-9-11-23(27)2)31(35)34-30(17-18-39-4)32(36)37-3/h6-16,19,26,30,33H,5,17-18,20-22H2,1-4H3,(H,34,35). The molecule has 7 heteroatoms. The fourth-order valence-electron chi connectivity index (χ4n) is 4.34.